The summed E-state index contributed by atoms with van der Waals surface area (Å²) in [4.78, 5) is 14.8. The van der Waals surface area contributed by atoms with Crippen LogP contribution in [-0.2, 0) is 11.3 Å². The van der Waals surface area contributed by atoms with Crippen LogP contribution in [0, 0.1) is 5.92 Å². The van der Waals surface area contributed by atoms with E-state index in [0.717, 1.165) is 53.2 Å². The Morgan fingerprint density at radius 2 is 1.78 bits per heavy atom. The average Bonchev–Trinajstić information content (AvgIpc) is 2.69. The SMILES string of the molecule is CC(=NNC(=O)C1CCN(Cc2ccc(Cl)cc2)CC1)c1ccc(Br)cc1. The van der Waals surface area contributed by atoms with Crippen LogP contribution in [0.5, 0.6) is 0 Å². The Bertz CT molecular complexity index is 797. The molecule has 0 saturated carbocycles. The smallest absolute Gasteiger partial charge is 0.243 e. The minimum atomic E-state index is 0.0117. The van der Waals surface area contributed by atoms with Crippen molar-refractivity contribution < 1.29 is 4.79 Å². The number of hydrogen-bond donors (Lipinski definition) is 1. The first-order valence-electron chi connectivity index (χ1n) is 9.08. The molecule has 0 radical (unpaired) electrons. The van der Waals surface area contributed by atoms with Crippen LogP contribution in [-0.4, -0.2) is 29.6 Å². The second-order valence-electron chi connectivity index (χ2n) is 6.86. The number of hydrazone groups is 1. The summed E-state index contributed by atoms with van der Waals surface area (Å²) in [6.07, 6.45) is 1.71. The minimum Gasteiger partial charge on any atom is -0.299 e. The van der Waals surface area contributed by atoms with Crippen molar-refractivity contribution >= 4 is 39.1 Å². The largest absolute Gasteiger partial charge is 0.299 e. The van der Waals surface area contributed by atoms with E-state index in [9.17, 15) is 4.79 Å². The third kappa shape index (κ3) is 5.89. The zero-order valence-corrected chi connectivity index (χ0v) is 17.6. The first kappa shape index (κ1) is 20.1. The van der Waals surface area contributed by atoms with Crippen LogP contribution in [0.25, 0.3) is 0 Å². The van der Waals surface area contributed by atoms with Gasteiger partial charge in [-0.1, -0.05) is 51.8 Å². The van der Waals surface area contributed by atoms with Gasteiger partial charge in [-0.3, -0.25) is 9.69 Å². The van der Waals surface area contributed by atoms with E-state index in [1.165, 1.54) is 5.56 Å². The number of halogens is 2. The summed E-state index contributed by atoms with van der Waals surface area (Å²) < 4.78 is 1.02. The first-order valence-corrected chi connectivity index (χ1v) is 10.3. The van der Waals surface area contributed by atoms with Crippen LogP contribution in [0.3, 0.4) is 0 Å². The Labute approximate surface area is 173 Å². The Morgan fingerprint density at radius 3 is 2.41 bits per heavy atom. The highest BCUT2D eigenvalue weighted by Gasteiger charge is 2.24. The van der Waals surface area contributed by atoms with Crippen molar-refractivity contribution in [3.8, 4) is 0 Å². The van der Waals surface area contributed by atoms with E-state index in [4.69, 9.17) is 11.6 Å². The molecule has 1 fully saturated rings. The molecule has 0 aromatic heterocycles. The van der Waals surface area contributed by atoms with Gasteiger partial charge in [0.1, 0.15) is 0 Å². The third-order valence-electron chi connectivity index (χ3n) is 4.87. The van der Waals surface area contributed by atoms with Gasteiger partial charge in [0.25, 0.3) is 0 Å². The van der Waals surface area contributed by atoms with E-state index in [2.05, 4.69) is 43.5 Å². The van der Waals surface area contributed by atoms with Crippen molar-refractivity contribution in [2.75, 3.05) is 13.1 Å². The Morgan fingerprint density at radius 1 is 1.15 bits per heavy atom. The highest BCUT2D eigenvalue weighted by Crippen LogP contribution is 2.20. The van der Waals surface area contributed by atoms with E-state index < -0.39 is 0 Å². The van der Waals surface area contributed by atoms with Gasteiger partial charge in [-0.2, -0.15) is 5.10 Å². The zero-order chi connectivity index (χ0) is 19.2. The fourth-order valence-corrected chi connectivity index (χ4v) is 3.58. The number of nitrogens with zero attached hydrogens (tertiary/aromatic N) is 2. The van der Waals surface area contributed by atoms with Gasteiger partial charge in [-0.15, -0.1) is 0 Å². The number of rotatable bonds is 5. The van der Waals surface area contributed by atoms with Gasteiger partial charge in [-0.25, -0.2) is 5.43 Å². The maximum absolute atomic E-state index is 12.4. The highest BCUT2D eigenvalue weighted by atomic mass is 79.9. The molecule has 1 saturated heterocycles. The Balaban J connectivity index is 1.47. The van der Waals surface area contributed by atoms with Crippen molar-refractivity contribution in [2.24, 2.45) is 11.0 Å². The van der Waals surface area contributed by atoms with E-state index in [0.29, 0.717) is 0 Å². The number of hydrogen-bond acceptors (Lipinski definition) is 3. The monoisotopic (exact) mass is 447 g/mol. The predicted molar refractivity (Wildman–Crippen MR) is 114 cm³/mol. The van der Waals surface area contributed by atoms with Gasteiger partial charge in [0, 0.05) is 22.0 Å². The normalized spacial score (nSPS) is 16.3. The fraction of sp³-hybridized carbons (Fsp3) is 0.333. The van der Waals surface area contributed by atoms with Crippen molar-refractivity contribution in [3.63, 3.8) is 0 Å². The van der Waals surface area contributed by atoms with Gasteiger partial charge in [-0.05, 0) is 68.2 Å². The molecule has 6 heteroatoms. The molecule has 0 atom stereocenters. The molecule has 1 heterocycles. The number of carbonyl (C=O) groups excluding carboxylic acids is 1. The van der Waals surface area contributed by atoms with Crippen LogP contribution in [0.15, 0.2) is 58.1 Å². The zero-order valence-electron chi connectivity index (χ0n) is 15.3. The van der Waals surface area contributed by atoms with Crippen LogP contribution in [0.2, 0.25) is 5.02 Å². The minimum absolute atomic E-state index is 0.0117. The maximum atomic E-state index is 12.4. The van der Waals surface area contributed by atoms with Crippen LogP contribution in [0.1, 0.15) is 30.9 Å². The van der Waals surface area contributed by atoms with Crippen LogP contribution in [0.4, 0.5) is 0 Å². The summed E-state index contributed by atoms with van der Waals surface area (Å²) in [6, 6.07) is 15.8. The summed E-state index contributed by atoms with van der Waals surface area (Å²) in [7, 11) is 0. The van der Waals surface area contributed by atoms with E-state index in [1.807, 2.05) is 43.3 Å². The Hall–Kier alpha value is -1.69. The molecule has 3 rings (SSSR count). The molecule has 2 aromatic rings. The summed E-state index contributed by atoms with van der Waals surface area (Å²) in [5, 5.41) is 5.03. The molecule has 27 heavy (non-hydrogen) atoms. The maximum Gasteiger partial charge on any atom is 0.243 e. The number of benzene rings is 2. The lowest BCUT2D eigenvalue weighted by Gasteiger charge is -2.30. The average molecular weight is 449 g/mol. The van der Waals surface area contributed by atoms with Crippen molar-refractivity contribution in [1.82, 2.24) is 10.3 Å². The van der Waals surface area contributed by atoms with Gasteiger partial charge < -0.3 is 0 Å². The topological polar surface area (TPSA) is 44.7 Å². The van der Waals surface area contributed by atoms with Crippen LogP contribution >= 0.6 is 27.5 Å². The summed E-state index contributed by atoms with van der Waals surface area (Å²) in [6.45, 7) is 4.62. The third-order valence-corrected chi connectivity index (χ3v) is 5.65. The highest BCUT2D eigenvalue weighted by molar-refractivity contribution is 9.10. The standard InChI is InChI=1S/C21H23BrClN3O/c1-15(17-4-6-19(22)7-5-17)24-25-21(27)18-10-12-26(13-11-18)14-16-2-8-20(23)9-3-16/h2-9,18H,10-14H2,1H3,(H,25,27). The van der Waals surface area contributed by atoms with E-state index >= 15 is 0 Å². The number of piperidine rings is 1. The van der Waals surface area contributed by atoms with Gasteiger partial charge >= 0.3 is 0 Å². The molecule has 0 unspecified atom stereocenters. The molecule has 1 aliphatic heterocycles. The summed E-state index contributed by atoms with van der Waals surface area (Å²) in [5.41, 5.74) is 5.79. The van der Waals surface area contributed by atoms with Gasteiger partial charge in [0.2, 0.25) is 5.91 Å². The molecule has 0 spiro atoms. The van der Waals surface area contributed by atoms with E-state index in [1.54, 1.807) is 0 Å². The molecular formula is C21H23BrClN3O. The quantitative estimate of drug-likeness (QED) is 0.525. The lowest BCUT2D eigenvalue weighted by Crippen LogP contribution is -2.39. The van der Waals surface area contributed by atoms with Crippen molar-refractivity contribution in [2.45, 2.75) is 26.3 Å². The molecule has 0 aliphatic carbocycles. The number of carbonyl (C=O) groups is 1. The lowest BCUT2D eigenvalue weighted by molar-refractivity contribution is -0.126. The summed E-state index contributed by atoms with van der Waals surface area (Å²) in [5.74, 6) is 0.0329. The molecule has 2 aromatic carbocycles. The number of nitrogens with one attached hydrogen (secondary N) is 1. The molecule has 142 valence electrons. The van der Waals surface area contributed by atoms with Crippen molar-refractivity contribution in [1.29, 1.82) is 0 Å². The van der Waals surface area contributed by atoms with Crippen LogP contribution < -0.4 is 5.43 Å². The molecule has 1 N–H and O–H groups in total. The molecule has 1 amide bonds. The van der Waals surface area contributed by atoms with Gasteiger partial charge in [0.15, 0.2) is 0 Å². The number of amides is 1. The van der Waals surface area contributed by atoms with E-state index in [-0.39, 0.29) is 11.8 Å². The lowest BCUT2D eigenvalue weighted by atomic mass is 9.96. The fourth-order valence-electron chi connectivity index (χ4n) is 3.19. The summed E-state index contributed by atoms with van der Waals surface area (Å²) >= 11 is 9.35. The van der Waals surface area contributed by atoms with Crippen molar-refractivity contribution in [3.05, 3.63) is 69.2 Å². The molecular weight excluding hydrogens is 426 g/mol. The molecule has 0 bridgehead atoms. The second kappa shape index (κ2) is 9.49. The van der Waals surface area contributed by atoms with Gasteiger partial charge in [0.05, 0.1) is 5.71 Å². The number of likely N-dealkylation sites (tertiary alicyclic amines) is 1. The second-order valence-corrected chi connectivity index (χ2v) is 8.21. The molecule has 4 nitrogen and oxygen atoms in total. The Kier molecular flexibility index (Phi) is 7.05. The first-order chi connectivity index (χ1) is 13.0. The molecule has 1 aliphatic rings. The predicted octanol–water partition coefficient (Wildman–Crippen LogP) is 4.85.